The Morgan fingerprint density at radius 1 is 1.03 bits per heavy atom. The molecular formula is C24H20N4O2. The summed E-state index contributed by atoms with van der Waals surface area (Å²) in [6.45, 7) is 0.863. The number of carbonyl (C=O) groups excluding carboxylic acids is 1. The zero-order chi connectivity index (χ0) is 21.2. The van der Waals surface area contributed by atoms with E-state index in [1.807, 2.05) is 30.3 Å². The zero-order valence-electron chi connectivity index (χ0n) is 16.4. The van der Waals surface area contributed by atoms with Gasteiger partial charge < -0.3 is 9.64 Å². The van der Waals surface area contributed by atoms with E-state index in [2.05, 4.69) is 17.1 Å². The maximum absolute atomic E-state index is 13.1. The van der Waals surface area contributed by atoms with Crippen LogP contribution < -0.4 is 4.74 Å². The van der Waals surface area contributed by atoms with Crippen LogP contribution in [-0.4, -0.2) is 22.3 Å². The van der Waals surface area contributed by atoms with E-state index in [1.165, 1.54) is 0 Å². The van der Waals surface area contributed by atoms with Crippen molar-refractivity contribution in [3.05, 3.63) is 95.3 Å². The molecule has 0 fully saturated rings. The topological polar surface area (TPSA) is 90.0 Å². The number of ether oxygens (including phenoxy) is 1. The van der Waals surface area contributed by atoms with Crippen molar-refractivity contribution in [2.24, 2.45) is 0 Å². The number of nitrogens with zero attached hydrogens (tertiary/aromatic N) is 4. The highest BCUT2D eigenvalue weighted by atomic mass is 16.5. The van der Waals surface area contributed by atoms with Crippen molar-refractivity contribution in [1.29, 1.82) is 10.5 Å². The van der Waals surface area contributed by atoms with Crippen LogP contribution in [0.5, 0.6) is 5.75 Å². The van der Waals surface area contributed by atoms with Crippen LogP contribution in [0, 0.1) is 22.7 Å². The molecule has 0 unspecified atom stereocenters. The summed E-state index contributed by atoms with van der Waals surface area (Å²) in [5.74, 6) is 0.338. The highest BCUT2D eigenvalue weighted by Gasteiger charge is 2.17. The van der Waals surface area contributed by atoms with Crippen molar-refractivity contribution < 1.29 is 9.53 Å². The molecule has 2 aromatic carbocycles. The molecule has 30 heavy (non-hydrogen) atoms. The smallest absolute Gasteiger partial charge is 0.254 e. The number of amides is 1. The molecule has 0 aliphatic rings. The second-order valence-corrected chi connectivity index (χ2v) is 6.54. The maximum Gasteiger partial charge on any atom is 0.254 e. The van der Waals surface area contributed by atoms with Gasteiger partial charge in [0.1, 0.15) is 12.4 Å². The molecule has 148 valence electrons. The summed E-state index contributed by atoms with van der Waals surface area (Å²) >= 11 is 0. The normalized spacial score (nSPS) is 9.93. The van der Waals surface area contributed by atoms with E-state index < -0.39 is 0 Å². The monoisotopic (exact) mass is 396 g/mol. The molecule has 0 saturated heterocycles. The minimum atomic E-state index is -0.196. The lowest BCUT2D eigenvalue weighted by Gasteiger charge is -2.21. The Morgan fingerprint density at radius 3 is 2.63 bits per heavy atom. The van der Waals surface area contributed by atoms with E-state index in [1.54, 1.807) is 47.5 Å². The number of aromatic nitrogens is 1. The van der Waals surface area contributed by atoms with Gasteiger partial charge in [0, 0.05) is 23.9 Å². The van der Waals surface area contributed by atoms with E-state index in [9.17, 15) is 10.1 Å². The predicted octanol–water partition coefficient (Wildman–Crippen LogP) is 4.09. The maximum atomic E-state index is 13.1. The molecule has 0 spiro atoms. The molecule has 1 aromatic heterocycles. The molecule has 1 heterocycles. The van der Waals surface area contributed by atoms with Gasteiger partial charge in [-0.15, -0.1) is 0 Å². The van der Waals surface area contributed by atoms with Crippen molar-refractivity contribution in [3.8, 4) is 17.9 Å². The van der Waals surface area contributed by atoms with Gasteiger partial charge >= 0.3 is 0 Å². The van der Waals surface area contributed by atoms with Crippen LogP contribution in [0.1, 0.15) is 33.6 Å². The third kappa shape index (κ3) is 5.43. The standard InChI is InChI=1S/C24H20N4O2/c25-12-6-14-28(17-22-10-3-4-13-27-22)24(29)19-9-5-11-23(15-19)30-18-21-8-2-1-7-20(21)16-26/h1-5,7-11,13,15H,6,14,17-18H2. The number of nitriles is 2. The summed E-state index contributed by atoms with van der Waals surface area (Å²) in [6.07, 6.45) is 1.91. The molecule has 6 heteroatoms. The van der Waals surface area contributed by atoms with Crippen LogP contribution in [-0.2, 0) is 13.2 Å². The van der Waals surface area contributed by atoms with Crippen LogP contribution in [0.4, 0.5) is 0 Å². The van der Waals surface area contributed by atoms with Crippen molar-refractivity contribution in [1.82, 2.24) is 9.88 Å². The van der Waals surface area contributed by atoms with Crippen LogP contribution in [0.2, 0.25) is 0 Å². The second kappa shape index (κ2) is 10.4. The molecule has 0 N–H and O–H groups in total. The van der Waals surface area contributed by atoms with Crippen molar-refractivity contribution >= 4 is 5.91 Å². The third-order valence-corrected chi connectivity index (χ3v) is 4.47. The van der Waals surface area contributed by atoms with Crippen molar-refractivity contribution in [2.75, 3.05) is 6.54 Å². The number of carbonyl (C=O) groups is 1. The minimum absolute atomic E-state index is 0.196. The molecule has 0 aliphatic heterocycles. The predicted molar refractivity (Wildman–Crippen MR) is 111 cm³/mol. The summed E-state index contributed by atoms with van der Waals surface area (Å²) in [7, 11) is 0. The highest BCUT2D eigenvalue weighted by molar-refractivity contribution is 5.94. The second-order valence-electron chi connectivity index (χ2n) is 6.54. The SMILES string of the molecule is N#CCCN(Cc1ccccn1)C(=O)c1cccc(OCc2ccccc2C#N)c1. The molecule has 0 bridgehead atoms. The third-order valence-electron chi connectivity index (χ3n) is 4.47. The molecule has 0 aliphatic carbocycles. The first-order valence-corrected chi connectivity index (χ1v) is 9.48. The molecule has 0 atom stereocenters. The average Bonchev–Trinajstić information content (AvgIpc) is 2.81. The van der Waals surface area contributed by atoms with E-state index in [0.29, 0.717) is 30.0 Å². The zero-order valence-corrected chi connectivity index (χ0v) is 16.4. The molecule has 3 rings (SSSR count). The summed E-state index contributed by atoms with van der Waals surface area (Å²) in [4.78, 5) is 19.0. The molecule has 0 saturated carbocycles. The number of benzene rings is 2. The van der Waals surface area contributed by atoms with E-state index in [0.717, 1.165) is 11.3 Å². The van der Waals surface area contributed by atoms with Gasteiger partial charge in [-0.05, 0) is 36.4 Å². The van der Waals surface area contributed by atoms with Gasteiger partial charge in [0.15, 0.2) is 0 Å². The number of pyridine rings is 1. The first kappa shape index (κ1) is 20.6. The molecule has 1 amide bonds. The lowest BCUT2D eigenvalue weighted by molar-refractivity contribution is 0.0744. The largest absolute Gasteiger partial charge is 0.489 e. The molecule has 6 nitrogen and oxygen atoms in total. The summed E-state index contributed by atoms with van der Waals surface area (Å²) in [5.41, 5.74) is 2.56. The van der Waals surface area contributed by atoms with Crippen LogP contribution in [0.15, 0.2) is 72.9 Å². The van der Waals surface area contributed by atoms with Crippen LogP contribution in [0.25, 0.3) is 0 Å². The number of hydrogen-bond donors (Lipinski definition) is 0. The van der Waals surface area contributed by atoms with E-state index in [4.69, 9.17) is 10.00 Å². The molecule has 3 aromatic rings. The Hall–Kier alpha value is -4.16. The quantitative estimate of drug-likeness (QED) is 0.572. The molecule has 0 radical (unpaired) electrons. The average molecular weight is 396 g/mol. The number of rotatable bonds is 8. The fourth-order valence-electron chi connectivity index (χ4n) is 2.94. The van der Waals surface area contributed by atoms with Crippen LogP contribution >= 0.6 is 0 Å². The Morgan fingerprint density at radius 2 is 1.87 bits per heavy atom. The Bertz CT molecular complexity index is 1080. The van der Waals surface area contributed by atoms with Gasteiger partial charge in [-0.2, -0.15) is 10.5 Å². The summed E-state index contributed by atoms with van der Waals surface area (Å²) in [6, 6.07) is 23.9. The van der Waals surface area contributed by atoms with Crippen molar-refractivity contribution in [3.63, 3.8) is 0 Å². The number of hydrogen-bond acceptors (Lipinski definition) is 5. The fraction of sp³-hybridized carbons (Fsp3) is 0.167. The first-order valence-electron chi connectivity index (χ1n) is 9.48. The summed E-state index contributed by atoms with van der Waals surface area (Å²) in [5, 5.41) is 18.2. The molecular weight excluding hydrogens is 376 g/mol. The lowest BCUT2D eigenvalue weighted by Crippen LogP contribution is -2.31. The minimum Gasteiger partial charge on any atom is -0.489 e. The highest BCUT2D eigenvalue weighted by Crippen LogP contribution is 2.19. The summed E-state index contributed by atoms with van der Waals surface area (Å²) < 4.78 is 5.82. The van der Waals surface area contributed by atoms with Gasteiger partial charge in [0.2, 0.25) is 0 Å². The Labute approximate surface area is 175 Å². The van der Waals surface area contributed by atoms with Gasteiger partial charge in [0.25, 0.3) is 5.91 Å². The Kier molecular flexibility index (Phi) is 7.13. The van der Waals surface area contributed by atoms with Gasteiger partial charge in [0.05, 0.1) is 36.4 Å². The van der Waals surface area contributed by atoms with E-state index in [-0.39, 0.29) is 18.9 Å². The first-order chi connectivity index (χ1) is 14.7. The van der Waals surface area contributed by atoms with Crippen molar-refractivity contribution in [2.45, 2.75) is 19.6 Å². The van der Waals surface area contributed by atoms with E-state index >= 15 is 0 Å². The van der Waals surface area contributed by atoms with Gasteiger partial charge in [-0.25, -0.2) is 0 Å². The lowest BCUT2D eigenvalue weighted by atomic mass is 10.1. The fourth-order valence-corrected chi connectivity index (χ4v) is 2.94. The van der Waals surface area contributed by atoms with Crippen LogP contribution in [0.3, 0.4) is 0 Å². The van der Waals surface area contributed by atoms with Gasteiger partial charge in [-0.1, -0.05) is 30.3 Å². The van der Waals surface area contributed by atoms with Gasteiger partial charge in [-0.3, -0.25) is 9.78 Å². The Balaban J connectivity index is 1.74.